The second kappa shape index (κ2) is 39.3. The van der Waals surface area contributed by atoms with E-state index in [1.807, 2.05) is 0 Å². The van der Waals surface area contributed by atoms with Crippen LogP contribution in [0.4, 0.5) is 105 Å². The molecule has 0 fully saturated rings. The van der Waals surface area contributed by atoms with Crippen LogP contribution in [0.2, 0.25) is 0 Å². The van der Waals surface area contributed by atoms with E-state index in [2.05, 4.69) is 75.8 Å². The van der Waals surface area contributed by atoms with Crippen LogP contribution in [-0.4, -0.2) is 208 Å². The summed E-state index contributed by atoms with van der Waals surface area (Å²) in [6, 6.07) is 0. The maximum atomic E-state index is 13.0. The van der Waals surface area contributed by atoms with E-state index in [1.54, 1.807) is 0 Å². The van der Waals surface area contributed by atoms with Gasteiger partial charge in [-0.25, -0.2) is 35.1 Å². The molecule has 0 amide bonds. The Kier molecular flexibility index (Phi) is 41.4. The number of methoxy groups -OCH3 is 8. The predicted molar refractivity (Wildman–Crippen MR) is 219 cm³/mol. The topological polar surface area (TPSA) is 148 Å². The van der Waals surface area contributed by atoms with E-state index in [1.165, 1.54) is 27.7 Å². The van der Waals surface area contributed by atoms with Gasteiger partial charge in [-0.2, -0.15) is 70.2 Å². The molecule has 0 bridgehead atoms. The van der Waals surface area contributed by atoms with Gasteiger partial charge in [-0.1, -0.05) is 27.7 Å². The summed E-state index contributed by atoms with van der Waals surface area (Å²) < 4.78 is 369. The fraction of sp³-hybridized carbons (Fsp3) is 1.00. The molecule has 0 aromatic carbocycles. The minimum absolute atomic E-state index is 0.202. The zero-order valence-electron chi connectivity index (χ0n) is 44.2. The van der Waals surface area contributed by atoms with Gasteiger partial charge < -0.3 is 75.8 Å². The third-order valence-corrected chi connectivity index (χ3v) is 8.49. The molecule has 0 saturated carbocycles. The molecule has 0 aromatic rings. The molecule has 0 saturated heterocycles. The van der Waals surface area contributed by atoms with Crippen molar-refractivity contribution in [2.24, 2.45) is 11.8 Å². The first-order chi connectivity index (χ1) is 36.3. The third kappa shape index (κ3) is 33.8. The molecule has 40 heteroatoms. The lowest BCUT2D eigenvalue weighted by Crippen LogP contribution is -2.42. The summed E-state index contributed by atoms with van der Waals surface area (Å²) in [5, 5.41) is 0. The zero-order chi connectivity index (χ0) is 63.9. The normalized spacial score (nSPS) is 17.9. The van der Waals surface area contributed by atoms with Gasteiger partial charge in [0.25, 0.3) is 50.9 Å². The van der Waals surface area contributed by atoms with Crippen LogP contribution < -0.4 is 0 Å². The van der Waals surface area contributed by atoms with Gasteiger partial charge in [0.15, 0.2) is 0 Å². The van der Waals surface area contributed by atoms with Gasteiger partial charge in [-0.3, -0.25) is 0 Å². The molecule has 0 N–H and O–H groups in total. The van der Waals surface area contributed by atoms with Crippen LogP contribution in [0.1, 0.15) is 40.5 Å². The molecule has 16 nitrogen and oxygen atoms in total. The summed E-state index contributed by atoms with van der Waals surface area (Å²) in [7, 11) is 5.55. The molecular formula is C40H64F24O16. The standard InChI is InChI=1S/4C10H16F6O4/c2*1-6(4-19-9(13,14)7(11)17-2)5-20-10(15,16)8(12)18-3;2*1-4-6(20-10(15,16)8(12)18-3)5-19-9(13,14)7(11)17-2/h4*6-8H,4-5H2,1-3H3. The lowest BCUT2D eigenvalue weighted by molar-refractivity contribution is -0.364. The van der Waals surface area contributed by atoms with Crippen LogP contribution in [0.15, 0.2) is 0 Å². The van der Waals surface area contributed by atoms with Gasteiger partial charge in [0.05, 0.1) is 51.8 Å². The summed E-state index contributed by atoms with van der Waals surface area (Å²) in [5.74, 6) is -1.94. The third-order valence-electron chi connectivity index (χ3n) is 8.49. The number of rotatable bonds is 40. The Morgan fingerprint density at radius 1 is 0.250 bits per heavy atom. The molecule has 0 aliphatic carbocycles. The first kappa shape index (κ1) is 84.1. The Bertz CT molecular complexity index is 1390. The van der Waals surface area contributed by atoms with Crippen molar-refractivity contribution in [1.29, 1.82) is 0 Å². The van der Waals surface area contributed by atoms with Crippen molar-refractivity contribution in [1.82, 2.24) is 0 Å². The van der Waals surface area contributed by atoms with E-state index in [9.17, 15) is 105 Å². The van der Waals surface area contributed by atoms with Crippen molar-refractivity contribution in [3.63, 3.8) is 0 Å². The molecule has 0 rings (SSSR count). The zero-order valence-corrected chi connectivity index (χ0v) is 44.2. The van der Waals surface area contributed by atoms with E-state index in [4.69, 9.17) is 0 Å². The van der Waals surface area contributed by atoms with Crippen molar-refractivity contribution in [3.8, 4) is 0 Å². The average molecular weight is 1260 g/mol. The minimum Gasteiger partial charge on any atom is -0.345 e. The number of halogens is 24. The van der Waals surface area contributed by atoms with Crippen LogP contribution in [0.5, 0.6) is 0 Å². The highest BCUT2D eigenvalue weighted by molar-refractivity contribution is 4.68. The van der Waals surface area contributed by atoms with Gasteiger partial charge in [0, 0.05) is 68.7 Å². The second-order valence-corrected chi connectivity index (χ2v) is 15.3. The summed E-state index contributed by atoms with van der Waals surface area (Å²) in [5.41, 5.74) is 0. The van der Waals surface area contributed by atoms with E-state index in [-0.39, 0.29) is 12.8 Å². The lowest BCUT2D eigenvalue weighted by atomic mass is 10.2. The van der Waals surface area contributed by atoms with Crippen molar-refractivity contribution in [2.45, 2.75) is 152 Å². The number of hydrogen-bond acceptors (Lipinski definition) is 16. The second-order valence-electron chi connectivity index (χ2n) is 15.3. The first-order valence-corrected chi connectivity index (χ1v) is 21.9. The van der Waals surface area contributed by atoms with E-state index in [0.29, 0.717) is 56.9 Å². The van der Waals surface area contributed by atoms with Crippen LogP contribution in [-0.2, 0) is 75.8 Å². The number of hydrogen-bond donors (Lipinski definition) is 0. The Balaban J connectivity index is -0.000000481. The predicted octanol–water partition coefficient (Wildman–Crippen LogP) is 11.2. The first-order valence-electron chi connectivity index (χ1n) is 21.9. The van der Waals surface area contributed by atoms with Crippen molar-refractivity contribution < 1.29 is 181 Å². The molecule has 488 valence electrons. The van der Waals surface area contributed by atoms with Crippen LogP contribution in [0.25, 0.3) is 0 Å². The molecule has 0 radical (unpaired) electrons. The summed E-state index contributed by atoms with van der Waals surface area (Å²) in [6.45, 7) is -0.296. The largest absolute Gasteiger partial charge is 0.411 e. The lowest BCUT2D eigenvalue weighted by Gasteiger charge is -2.27. The van der Waals surface area contributed by atoms with Crippen molar-refractivity contribution >= 4 is 0 Å². The monoisotopic (exact) mass is 1260 g/mol. The highest BCUT2D eigenvalue weighted by atomic mass is 19.3. The van der Waals surface area contributed by atoms with Crippen LogP contribution >= 0.6 is 0 Å². The molecule has 0 spiro atoms. The van der Waals surface area contributed by atoms with Gasteiger partial charge >= 0.3 is 48.9 Å². The molecule has 10 atom stereocenters. The molecule has 80 heavy (non-hydrogen) atoms. The van der Waals surface area contributed by atoms with Gasteiger partial charge in [-0.05, 0) is 12.8 Å². The Morgan fingerprint density at radius 2 is 0.388 bits per heavy atom. The van der Waals surface area contributed by atoms with E-state index >= 15 is 0 Å². The fourth-order valence-electron chi connectivity index (χ4n) is 4.03. The Labute approximate surface area is 442 Å². The van der Waals surface area contributed by atoms with Crippen molar-refractivity contribution in [3.05, 3.63) is 0 Å². The van der Waals surface area contributed by atoms with E-state index < -0.39 is 163 Å². The quantitative estimate of drug-likeness (QED) is 0.0535. The highest BCUT2D eigenvalue weighted by Crippen LogP contribution is 2.33. The van der Waals surface area contributed by atoms with Crippen LogP contribution in [0, 0.1) is 11.8 Å². The smallest absolute Gasteiger partial charge is 0.345 e. The summed E-state index contributed by atoms with van der Waals surface area (Å²) >= 11 is 0. The Hall–Kier alpha value is -2.32. The summed E-state index contributed by atoms with van der Waals surface area (Å²) in [6.07, 6.45) is -62.0. The SMILES string of the molecule is CCC(COC(F)(F)C(F)OC)OC(F)(F)C(F)OC.CCC(COC(F)(F)C(F)OC)OC(F)(F)C(F)OC.COC(F)C(F)(F)OCC(C)COC(F)(F)C(F)OC.COC(F)C(F)(F)OCC(C)COC(F)(F)C(F)OC. The fourth-order valence-corrected chi connectivity index (χ4v) is 4.03. The van der Waals surface area contributed by atoms with E-state index in [0.717, 1.165) is 0 Å². The van der Waals surface area contributed by atoms with Crippen LogP contribution in [0.3, 0.4) is 0 Å². The van der Waals surface area contributed by atoms with Crippen molar-refractivity contribution in [2.75, 3.05) is 96.5 Å². The average Bonchev–Trinajstić information content (AvgIpc) is 3.41. The maximum absolute atomic E-state index is 13.0. The van der Waals surface area contributed by atoms with Gasteiger partial charge in [-0.15, -0.1) is 0 Å². The highest BCUT2D eigenvalue weighted by Gasteiger charge is 2.50. The molecule has 0 aliphatic heterocycles. The molecule has 0 heterocycles. The van der Waals surface area contributed by atoms with Gasteiger partial charge in [0.2, 0.25) is 0 Å². The molecule has 0 aromatic heterocycles. The minimum atomic E-state index is -4.34. The molecule has 10 unspecified atom stereocenters. The number of ether oxygens (including phenoxy) is 16. The molecule has 0 aliphatic rings. The summed E-state index contributed by atoms with van der Waals surface area (Å²) in [4.78, 5) is 0. The number of alkyl halides is 24. The molecular weight excluding hydrogens is 1190 g/mol. The van der Waals surface area contributed by atoms with Gasteiger partial charge in [0.1, 0.15) is 0 Å². The Morgan fingerprint density at radius 3 is 0.525 bits per heavy atom. The maximum Gasteiger partial charge on any atom is 0.411 e.